The Bertz CT molecular complexity index is 2970. The van der Waals surface area contributed by atoms with Crippen molar-refractivity contribution in [2.75, 3.05) is 11.5 Å². The number of carbonyl (C=O) groups excluding carboxylic acids is 6. The van der Waals surface area contributed by atoms with Gasteiger partial charge in [-0.15, -0.1) is 0 Å². The first-order valence-corrected chi connectivity index (χ1v) is 22.1. The van der Waals surface area contributed by atoms with Crippen LogP contribution in [0.4, 0.5) is 56.1 Å². The van der Waals surface area contributed by atoms with E-state index in [1.54, 1.807) is 0 Å². The molecule has 378 valence electrons. The van der Waals surface area contributed by atoms with E-state index < -0.39 is 121 Å². The second-order valence-corrected chi connectivity index (χ2v) is 17.8. The lowest BCUT2D eigenvalue weighted by molar-refractivity contribution is -0.194. The van der Waals surface area contributed by atoms with Gasteiger partial charge in [-0.25, -0.2) is 28.2 Å². The number of nitrogens with zero attached hydrogens (tertiary/aromatic N) is 5. The highest BCUT2D eigenvalue weighted by molar-refractivity contribution is 6.12. The van der Waals surface area contributed by atoms with E-state index in [1.165, 1.54) is 24.3 Å². The fourth-order valence-corrected chi connectivity index (χ4v) is 9.95. The molecule has 8 rings (SSSR count). The Hall–Kier alpha value is -7.81. The van der Waals surface area contributed by atoms with Crippen molar-refractivity contribution in [3.63, 3.8) is 0 Å². The number of ether oxygens (including phenoxy) is 2. The van der Waals surface area contributed by atoms with Gasteiger partial charge >= 0.3 is 24.5 Å². The topological polar surface area (TPSA) is 236 Å². The molecular weight excluding hydrogens is 969 g/mol. The van der Waals surface area contributed by atoms with Gasteiger partial charge in [-0.3, -0.25) is 19.2 Å². The number of hydrogen-bond donors (Lipinski definition) is 3. The van der Waals surface area contributed by atoms with Crippen LogP contribution < -0.4 is 17.2 Å². The largest absolute Gasteiger partial charge is 0.427 e. The van der Waals surface area contributed by atoms with E-state index in [0.29, 0.717) is 25.0 Å². The molecule has 0 aromatic heterocycles. The molecular formula is C48H42F8N8O8. The van der Waals surface area contributed by atoms with Crippen molar-refractivity contribution in [2.24, 2.45) is 5.73 Å². The Labute approximate surface area is 403 Å². The molecule has 6 amide bonds. The molecule has 4 aliphatic rings. The predicted octanol–water partition coefficient (Wildman–Crippen LogP) is 6.10. The van der Waals surface area contributed by atoms with Crippen molar-refractivity contribution >= 4 is 47.2 Å². The maximum absolute atomic E-state index is 15.8. The Morgan fingerprint density at radius 1 is 0.667 bits per heavy atom. The normalized spacial score (nSPS) is 21.0. The van der Waals surface area contributed by atoms with Gasteiger partial charge in [-0.2, -0.15) is 31.6 Å². The summed E-state index contributed by atoms with van der Waals surface area (Å²) in [5, 5.41) is 10.00. The third kappa shape index (κ3) is 8.23. The van der Waals surface area contributed by atoms with Crippen molar-refractivity contribution < 1.29 is 73.4 Å². The van der Waals surface area contributed by atoms with Gasteiger partial charge in [0.1, 0.15) is 29.8 Å². The SMILES string of the molecule is C[C@H](N(Cc1ccc(F)cc1)C(=O)C(C(C(=O)N(Cc1ccc(F)cc1)[C@@H](C)C(F)(F)F)N1C(=O)OC2(CCc3c2ccc(N)c3CN)C1=O)N1C(=O)OC2(CCc3c2ccc(N)c3C#N)C1=O)C(F)(F)F. The van der Waals surface area contributed by atoms with Gasteiger partial charge in [0.05, 0.1) is 5.56 Å². The van der Waals surface area contributed by atoms with Crippen LogP contribution in [0.1, 0.15) is 71.2 Å². The second-order valence-electron chi connectivity index (χ2n) is 17.8. The third-order valence-electron chi connectivity index (χ3n) is 13.8. The molecule has 2 spiro atoms. The van der Waals surface area contributed by atoms with Crippen molar-refractivity contribution in [2.45, 2.75) is 107 Å². The number of amides is 6. The smallest absolute Gasteiger partial charge is 0.418 e. The molecule has 16 nitrogen and oxygen atoms in total. The van der Waals surface area contributed by atoms with Crippen LogP contribution in [0.15, 0.2) is 72.8 Å². The number of halogens is 8. The molecule has 2 saturated heterocycles. The summed E-state index contributed by atoms with van der Waals surface area (Å²) in [6.45, 7) is -1.62. The zero-order valence-electron chi connectivity index (χ0n) is 37.9. The Morgan fingerprint density at radius 2 is 1.06 bits per heavy atom. The summed E-state index contributed by atoms with van der Waals surface area (Å²) in [5.74, 6) is -8.98. The summed E-state index contributed by atoms with van der Waals surface area (Å²) in [6, 6.07) is 1.58. The fourth-order valence-electron chi connectivity index (χ4n) is 9.95. The molecule has 4 aromatic carbocycles. The van der Waals surface area contributed by atoms with E-state index in [2.05, 4.69) is 0 Å². The Kier molecular flexibility index (Phi) is 12.7. The average molecular weight is 1010 g/mol. The number of nitrogen functional groups attached to an aromatic ring is 2. The molecule has 4 aromatic rings. The first-order valence-electron chi connectivity index (χ1n) is 22.1. The van der Waals surface area contributed by atoms with Crippen molar-refractivity contribution in [1.82, 2.24) is 19.6 Å². The van der Waals surface area contributed by atoms with E-state index >= 15 is 45.5 Å². The number of nitrogens with two attached hydrogens (primary N) is 3. The highest BCUT2D eigenvalue weighted by Gasteiger charge is 2.68. The molecule has 0 bridgehead atoms. The molecule has 2 aliphatic heterocycles. The molecule has 0 radical (unpaired) electrons. The minimum absolute atomic E-state index is 0.00838. The van der Waals surface area contributed by atoms with Gasteiger partial charge in [0.2, 0.25) is 23.0 Å². The maximum atomic E-state index is 15.8. The molecule has 24 heteroatoms. The number of carbonyl (C=O) groups is 6. The number of fused-ring (bicyclic) bond motifs is 4. The minimum Gasteiger partial charge on any atom is -0.427 e. The summed E-state index contributed by atoms with van der Waals surface area (Å²) >= 11 is 0. The van der Waals surface area contributed by atoms with Gasteiger partial charge in [0.15, 0.2) is 12.1 Å². The number of hydrogen-bond acceptors (Lipinski definition) is 12. The van der Waals surface area contributed by atoms with Crippen molar-refractivity contribution in [3.05, 3.63) is 129 Å². The molecule has 2 aliphatic carbocycles. The van der Waals surface area contributed by atoms with Crippen molar-refractivity contribution in [1.29, 1.82) is 5.26 Å². The Morgan fingerprint density at radius 3 is 1.44 bits per heavy atom. The van der Waals surface area contributed by atoms with Crippen LogP contribution in [-0.4, -0.2) is 91.9 Å². The van der Waals surface area contributed by atoms with Crippen LogP contribution in [0, 0.1) is 23.0 Å². The van der Waals surface area contributed by atoms with Gasteiger partial charge in [0, 0.05) is 55.0 Å². The first kappa shape index (κ1) is 50.6. The summed E-state index contributed by atoms with van der Waals surface area (Å²) in [6.07, 6.45) is -15.8. The number of imide groups is 2. The summed E-state index contributed by atoms with van der Waals surface area (Å²) < 4.78 is 131. The number of anilines is 2. The first-order chi connectivity index (χ1) is 33.8. The molecule has 72 heavy (non-hydrogen) atoms. The summed E-state index contributed by atoms with van der Waals surface area (Å²) in [7, 11) is 0. The molecule has 4 unspecified atom stereocenters. The molecule has 0 saturated carbocycles. The summed E-state index contributed by atoms with van der Waals surface area (Å²) in [5.41, 5.74) is 13.0. The number of rotatable bonds is 12. The van der Waals surface area contributed by atoms with E-state index in [4.69, 9.17) is 26.7 Å². The molecule has 6 N–H and O–H groups in total. The number of nitriles is 1. The molecule has 2 heterocycles. The van der Waals surface area contributed by atoms with E-state index in [9.17, 15) is 23.6 Å². The zero-order chi connectivity index (χ0) is 52.6. The summed E-state index contributed by atoms with van der Waals surface area (Å²) in [4.78, 5) is 91.4. The van der Waals surface area contributed by atoms with E-state index in [1.807, 2.05) is 6.07 Å². The maximum Gasteiger partial charge on any atom is 0.418 e. The van der Waals surface area contributed by atoms with Crippen LogP contribution >= 0.6 is 0 Å². The van der Waals surface area contributed by atoms with Gasteiger partial charge in [0.25, 0.3) is 11.8 Å². The lowest BCUT2D eigenvalue weighted by Crippen LogP contribution is -2.68. The second kappa shape index (κ2) is 18.1. The van der Waals surface area contributed by atoms with Gasteiger partial charge in [-0.05, 0) is 90.9 Å². The van der Waals surface area contributed by atoms with Gasteiger partial charge in [-0.1, -0.05) is 36.4 Å². The fraction of sp³-hybridized carbons (Fsp3) is 0.354. The number of benzene rings is 4. The Balaban J connectivity index is 1.40. The lowest BCUT2D eigenvalue weighted by Gasteiger charge is -2.42. The van der Waals surface area contributed by atoms with E-state index in [-0.39, 0.29) is 83.7 Å². The van der Waals surface area contributed by atoms with Crippen LogP contribution in [0.2, 0.25) is 0 Å². The predicted molar refractivity (Wildman–Crippen MR) is 233 cm³/mol. The molecule has 6 atom stereocenters. The highest BCUT2D eigenvalue weighted by Crippen LogP contribution is 2.51. The average Bonchev–Trinajstić information content (AvgIpc) is 4.03. The van der Waals surface area contributed by atoms with Crippen molar-refractivity contribution in [3.8, 4) is 6.07 Å². The number of alkyl halides is 6. The van der Waals surface area contributed by atoms with Crippen LogP contribution in [0.25, 0.3) is 0 Å². The quantitative estimate of drug-likeness (QED) is 0.108. The van der Waals surface area contributed by atoms with Gasteiger partial charge < -0.3 is 36.5 Å². The standard InChI is InChI=1S/C48H42F8N8O8/c1-23(47(51,52)53)61(21-25-3-7-27(49)8-4-25)39(65)37(63-41(67)45(71-43(63)69)17-15-29-31(19-57)35(59)13-11-33(29)45)38(40(66)62(24(2)48(54,55)56)22-26-5-9-28(50)10-6-26)64-42(68)46(72-44(64)70)18-16-30-32(20-58)36(60)14-12-34(30)46/h3-14,23-24,37-38H,15-19,21-22,57,59-60H2,1-2H3/t23-,24-,37?,38?,45?,46?/m0/s1. The van der Waals surface area contributed by atoms with Crippen LogP contribution in [0.3, 0.4) is 0 Å². The highest BCUT2D eigenvalue weighted by atomic mass is 19.4. The molecule has 2 fully saturated rings. The third-order valence-corrected chi connectivity index (χ3v) is 13.8. The van der Waals surface area contributed by atoms with Crippen LogP contribution in [0.5, 0.6) is 0 Å². The monoisotopic (exact) mass is 1010 g/mol. The zero-order valence-corrected chi connectivity index (χ0v) is 37.9. The van der Waals surface area contributed by atoms with Crippen LogP contribution in [-0.2, 0) is 72.3 Å². The lowest BCUT2D eigenvalue weighted by atomic mass is 9.90. The van der Waals surface area contributed by atoms with E-state index in [0.717, 1.165) is 48.5 Å². The minimum atomic E-state index is -5.41.